The van der Waals surface area contributed by atoms with Crippen LogP contribution in [0.5, 0.6) is 0 Å². The van der Waals surface area contributed by atoms with Gasteiger partial charge < -0.3 is 10.0 Å². The highest BCUT2D eigenvalue weighted by atomic mass is 35.5. The van der Waals surface area contributed by atoms with Crippen molar-refractivity contribution in [3.05, 3.63) is 17.0 Å². The van der Waals surface area contributed by atoms with Crippen LogP contribution in [0.1, 0.15) is 18.4 Å². The molecule has 0 saturated carbocycles. The van der Waals surface area contributed by atoms with Crippen molar-refractivity contribution < 1.29 is 5.11 Å². The Balaban J connectivity index is 2.19. The third kappa shape index (κ3) is 2.44. The van der Waals surface area contributed by atoms with E-state index in [4.69, 9.17) is 11.6 Å². The number of anilines is 1. The summed E-state index contributed by atoms with van der Waals surface area (Å²) >= 11 is 5.81. The molecule has 1 aliphatic heterocycles. The minimum atomic E-state index is 0.244. The van der Waals surface area contributed by atoms with Gasteiger partial charge in [0, 0.05) is 31.5 Å². The van der Waals surface area contributed by atoms with Crippen LogP contribution in [0.15, 0.2) is 6.20 Å². The molecule has 0 aliphatic carbocycles. The Labute approximate surface area is 100 Å². The van der Waals surface area contributed by atoms with Crippen molar-refractivity contribution in [1.82, 2.24) is 9.97 Å². The van der Waals surface area contributed by atoms with E-state index in [1.54, 1.807) is 6.20 Å². The molecule has 0 bridgehead atoms. The van der Waals surface area contributed by atoms with E-state index < -0.39 is 0 Å². The van der Waals surface area contributed by atoms with Crippen molar-refractivity contribution in [2.45, 2.75) is 19.8 Å². The Kier molecular flexibility index (Phi) is 3.61. The van der Waals surface area contributed by atoms with E-state index in [1.807, 2.05) is 6.92 Å². The minimum Gasteiger partial charge on any atom is -0.396 e. The number of nitrogens with zero attached hydrogens (tertiary/aromatic N) is 3. The first kappa shape index (κ1) is 11.6. The summed E-state index contributed by atoms with van der Waals surface area (Å²) in [5.41, 5.74) is 1.03. The molecule has 2 rings (SSSR count). The molecule has 0 aromatic carbocycles. The maximum absolute atomic E-state index is 9.19. The van der Waals surface area contributed by atoms with Gasteiger partial charge in [0.15, 0.2) is 0 Å². The highest BCUT2D eigenvalue weighted by Gasteiger charge is 2.21. The van der Waals surface area contributed by atoms with E-state index in [1.165, 1.54) is 0 Å². The predicted octanol–water partition coefficient (Wildman–Crippen LogP) is 1.65. The average molecular weight is 242 g/mol. The quantitative estimate of drug-likeness (QED) is 0.800. The summed E-state index contributed by atoms with van der Waals surface area (Å²) in [7, 11) is 0. The number of hydrogen-bond acceptors (Lipinski definition) is 4. The Bertz CT molecular complexity index is 372. The molecule has 1 aliphatic rings. The Morgan fingerprint density at radius 3 is 3.19 bits per heavy atom. The van der Waals surface area contributed by atoms with E-state index in [2.05, 4.69) is 14.9 Å². The molecular weight excluding hydrogens is 226 g/mol. The molecule has 0 amide bonds. The van der Waals surface area contributed by atoms with Crippen molar-refractivity contribution in [1.29, 1.82) is 0 Å². The van der Waals surface area contributed by atoms with Crippen molar-refractivity contribution in [3.63, 3.8) is 0 Å². The number of piperidine rings is 1. The normalized spacial score (nSPS) is 21.2. The number of aromatic nitrogens is 2. The van der Waals surface area contributed by atoms with Gasteiger partial charge in [-0.25, -0.2) is 9.97 Å². The van der Waals surface area contributed by atoms with Gasteiger partial charge in [-0.15, -0.1) is 0 Å². The lowest BCUT2D eigenvalue weighted by molar-refractivity contribution is 0.208. The standard InChI is InChI=1S/C11H16ClN3O/c1-8-5-13-11(12)14-10(8)15-4-2-3-9(6-15)7-16/h5,9,16H,2-4,6-7H2,1H3. The van der Waals surface area contributed by atoms with Crippen molar-refractivity contribution in [3.8, 4) is 0 Å². The molecule has 1 atom stereocenters. The zero-order chi connectivity index (χ0) is 11.5. The summed E-state index contributed by atoms with van der Waals surface area (Å²) in [6.45, 7) is 4.05. The molecule has 1 N–H and O–H groups in total. The van der Waals surface area contributed by atoms with Gasteiger partial charge in [-0.05, 0) is 37.3 Å². The number of halogens is 1. The van der Waals surface area contributed by atoms with Crippen LogP contribution < -0.4 is 4.90 Å². The molecule has 4 nitrogen and oxygen atoms in total. The molecule has 1 fully saturated rings. The van der Waals surface area contributed by atoms with Gasteiger partial charge in [-0.1, -0.05) is 0 Å². The highest BCUT2D eigenvalue weighted by Crippen LogP contribution is 2.24. The molecule has 1 unspecified atom stereocenters. The summed E-state index contributed by atoms with van der Waals surface area (Å²) in [5.74, 6) is 1.25. The number of aliphatic hydroxyl groups excluding tert-OH is 1. The monoisotopic (exact) mass is 241 g/mol. The molecule has 1 saturated heterocycles. The van der Waals surface area contributed by atoms with Crippen molar-refractivity contribution >= 4 is 17.4 Å². The van der Waals surface area contributed by atoms with Gasteiger partial charge in [0.05, 0.1) is 0 Å². The number of aryl methyl sites for hydroxylation is 1. The zero-order valence-electron chi connectivity index (χ0n) is 9.36. The van der Waals surface area contributed by atoms with Crippen LogP contribution in [-0.2, 0) is 0 Å². The van der Waals surface area contributed by atoms with E-state index in [0.29, 0.717) is 5.92 Å². The molecule has 5 heteroatoms. The van der Waals surface area contributed by atoms with Gasteiger partial charge in [-0.3, -0.25) is 0 Å². The Morgan fingerprint density at radius 2 is 2.44 bits per heavy atom. The summed E-state index contributed by atoms with van der Waals surface area (Å²) in [6.07, 6.45) is 3.92. The summed E-state index contributed by atoms with van der Waals surface area (Å²) in [4.78, 5) is 10.4. The smallest absolute Gasteiger partial charge is 0.224 e. The second-order valence-electron chi connectivity index (χ2n) is 4.28. The van der Waals surface area contributed by atoms with Crippen LogP contribution in [0.4, 0.5) is 5.82 Å². The molecule has 2 heterocycles. The van der Waals surface area contributed by atoms with Crippen LogP contribution in [0, 0.1) is 12.8 Å². The topological polar surface area (TPSA) is 49.2 Å². The first-order chi connectivity index (χ1) is 7.70. The average Bonchev–Trinajstić information content (AvgIpc) is 2.32. The molecule has 1 aromatic rings. The SMILES string of the molecule is Cc1cnc(Cl)nc1N1CCCC(CO)C1. The Hall–Kier alpha value is -0.870. The van der Waals surface area contributed by atoms with Crippen molar-refractivity contribution in [2.75, 3.05) is 24.6 Å². The highest BCUT2D eigenvalue weighted by molar-refractivity contribution is 6.28. The molecular formula is C11H16ClN3O. The summed E-state index contributed by atoms with van der Waals surface area (Å²) < 4.78 is 0. The zero-order valence-corrected chi connectivity index (χ0v) is 10.1. The Morgan fingerprint density at radius 1 is 1.62 bits per heavy atom. The van der Waals surface area contributed by atoms with Crippen LogP contribution in [0.3, 0.4) is 0 Å². The molecule has 16 heavy (non-hydrogen) atoms. The van der Waals surface area contributed by atoms with E-state index in [-0.39, 0.29) is 11.9 Å². The van der Waals surface area contributed by atoms with Crippen LogP contribution >= 0.6 is 11.6 Å². The second-order valence-corrected chi connectivity index (χ2v) is 4.62. The van der Waals surface area contributed by atoms with Gasteiger partial charge in [0.2, 0.25) is 5.28 Å². The van der Waals surface area contributed by atoms with E-state index in [9.17, 15) is 5.11 Å². The number of rotatable bonds is 2. The number of aliphatic hydroxyl groups is 1. The summed E-state index contributed by atoms with van der Waals surface area (Å²) in [5, 5.41) is 9.48. The van der Waals surface area contributed by atoms with Crippen LogP contribution in [0.2, 0.25) is 5.28 Å². The second kappa shape index (κ2) is 4.97. The fourth-order valence-electron chi connectivity index (χ4n) is 2.14. The maximum atomic E-state index is 9.19. The first-order valence-electron chi connectivity index (χ1n) is 5.55. The van der Waals surface area contributed by atoms with Crippen molar-refractivity contribution in [2.24, 2.45) is 5.92 Å². The van der Waals surface area contributed by atoms with Gasteiger partial charge in [0.1, 0.15) is 5.82 Å². The lowest BCUT2D eigenvalue weighted by atomic mass is 9.99. The third-order valence-electron chi connectivity index (χ3n) is 2.99. The van der Waals surface area contributed by atoms with E-state index >= 15 is 0 Å². The van der Waals surface area contributed by atoms with Gasteiger partial charge in [0.25, 0.3) is 0 Å². The molecule has 1 aromatic heterocycles. The third-order valence-corrected chi connectivity index (χ3v) is 3.17. The molecule has 0 spiro atoms. The van der Waals surface area contributed by atoms with E-state index in [0.717, 1.165) is 37.3 Å². The molecule has 0 radical (unpaired) electrons. The van der Waals surface area contributed by atoms with Crippen LogP contribution in [-0.4, -0.2) is 34.8 Å². The first-order valence-corrected chi connectivity index (χ1v) is 5.93. The van der Waals surface area contributed by atoms with Crippen LogP contribution in [0.25, 0.3) is 0 Å². The summed E-state index contributed by atoms with van der Waals surface area (Å²) in [6, 6.07) is 0. The van der Waals surface area contributed by atoms with Gasteiger partial charge in [-0.2, -0.15) is 0 Å². The van der Waals surface area contributed by atoms with Gasteiger partial charge >= 0.3 is 0 Å². The lowest BCUT2D eigenvalue weighted by Crippen LogP contribution is -2.37. The molecule has 88 valence electrons. The largest absolute Gasteiger partial charge is 0.396 e. The fourth-order valence-corrected chi connectivity index (χ4v) is 2.27. The lowest BCUT2D eigenvalue weighted by Gasteiger charge is -2.33. The fraction of sp³-hybridized carbons (Fsp3) is 0.636. The minimum absolute atomic E-state index is 0.244. The number of hydrogen-bond donors (Lipinski definition) is 1. The maximum Gasteiger partial charge on any atom is 0.224 e. The predicted molar refractivity (Wildman–Crippen MR) is 63.8 cm³/mol.